The molecule has 0 aliphatic heterocycles. The summed E-state index contributed by atoms with van der Waals surface area (Å²) in [6, 6.07) is 0. The topological polar surface area (TPSA) is 74.6 Å². The molecule has 0 bridgehead atoms. The van der Waals surface area contributed by atoms with Crippen molar-refractivity contribution in [3.05, 3.63) is 0 Å². The molecule has 0 aromatic rings. The maximum Gasteiger partial charge on any atom is 0.306 e. The van der Waals surface area contributed by atoms with Gasteiger partial charge >= 0.3 is 11.9 Å². The number of aliphatic carboxylic acids is 2. The molecular weight excluding hydrogens is 184 g/mol. The van der Waals surface area contributed by atoms with Gasteiger partial charge in [-0.25, -0.2) is 0 Å². The van der Waals surface area contributed by atoms with Crippen molar-refractivity contribution in [2.45, 2.75) is 39.5 Å². The van der Waals surface area contributed by atoms with Crippen molar-refractivity contribution >= 4 is 11.9 Å². The van der Waals surface area contributed by atoms with Crippen LogP contribution in [0.3, 0.4) is 0 Å². The Hall–Kier alpha value is -1.06. The molecule has 0 saturated heterocycles. The lowest BCUT2D eigenvalue weighted by molar-refractivity contribution is -0.142. The Morgan fingerprint density at radius 3 is 2.21 bits per heavy atom. The molecule has 0 aromatic carbocycles. The van der Waals surface area contributed by atoms with Crippen molar-refractivity contribution in [3.8, 4) is 0 Å². The zero-order chi connectivity index (χ0) is 11.1. The number of hydrogen-bond donors (Lipinski definition) is 2. The van der Waals surface area contributed by atoms with Crippen LogP contribution in [0.15, 0.2) is 0 Å². The Balaban J connectivity index is 3.59. The lowest BCUT2D eigenvalue weighted by atomic mass is 9.93. The third-order valence-electron chi connectivity index (χ3n) is 2.27. The average Bonchev–Trinajstić information content (AvgIpc) is 2.02. The molecule has 0 fully saturated rings. The van der Waals surface area contributed by atoms with Gasteiger partial charge in [0.05, 0.1) is 5.92 Å². The first-order chi connectivity index (χ1) is 6.43. The molecule has 0 aromatic heterocycles. The molecule has 0 rings (SSSR count). The molecule has 0 heterocycles. The van der Waals surface area contributed by atoms with Crippen molar-refractivity contribution in [2.75, 3.05) is 0 Å². The average molecular weight is 202 g/mol. The normalized spacial score (nSPS) is 14.7. The molecule has 0 amide bonds. The maximum atomic E-state index is 10.5. The highest BCUT2D eigenvalue weighted by Crippen LogP contribution is 2.17. The lowest BCUT2D eigenvalue weighted by Gasteiger charge is -2.13. The zero-order valence-electron chi connectivity index (χ0n) is 8.69. The first-order valence-corrected chi connectivity index (χ1v) is 4.88. The first-order valence-electron chi connectivity index (χ1n) is 4.88. The summed E-state index contributed by atoms with van der Waals surface area (Å²) < 4.78 is 0. The minimum absolute atomic E-state index is 0.172. The van der Waals surface area contributed by atoms with Crippen LogP contribution in [-0.2, 0) is 9.59 Å². The second kappa shape index (κ2) is 6.40. The number of carboxylic acids is 2. The van der Waals surface area contributed by atoms with Crippen molar-refractivity contribution < 1.29 is 19.8 Å². The number of carbonyl (C=O) groups is 2. The summed E-state index contributed by atoms with van der Waals surface area (Å²) in [5.74, 6) is -1.63. The molecule has 82 valence electrons. The van der Waals surface area contributed by atoms with E-state index >= 15 is 0 Å². The standard InChI is InChI=1S/C10H18O4/c1-7(4-3-5-9(11)12)6-8(2)10(13)14/h7-8H,3-6H2,1-2H3,(H,11,12)(H,13,14). The SMILES string of the molecule is CC(CCCC(=O)O)CC(C)C(=O)O. The van der Waals surface area contributed by atoms with Gasteiger partial charge in [0.25, 0.3) is 0 Å². The minimum atomic E-state index is -0.788. The van der Waals surface area contributed by atoms with Crippen molar-refractivity contribution in [2.24, 2.45) is 11.8 Å². The summed E-state index contributed by atoms with van der Waals surface area (Å²) in [6.45, 7) is 3.64. The van der Waals surface area contributed by atoms with Gasteiger partial charge in [-0.2, -0.15) is 0 Å². The summed E-state index contributed by atoms with van der Waals surface area (Å²) in [7, 11) is 0. The highest BCUT2D eigenvalue weighted by atomic mass is 16.4. The van der Waals surface area contributed by atoms with E-state index in [9.17, 15) is 9.59 Å². The highest BCUT2D eigenvalue weighted by Gasteiger charge is 2.14. The second-order valence-corrected chi connectivity index (χ2v) is 3.87. The zero-order valence-corrected chi connectivity index (χ0v) is 8.69. The lowest BCUT2D eigenvalue weighted by Crippen LogP contribution is -2.13. The minimum Gasteiger partial charge on any atom is -0.481 e. The summed E-state index contributed by atoms with van der Waals surface area (Å²) in [6.07, 6.45) is 2.20. The fourth-order valence-electron chi connectivity index (χ4n) is 1.42. The van der Waals surface area contributed by atoms with Gasteiger partial charge in [0.15, 0.2) is 0 Å². The Bertz CT molecular complexity index is 200. The summed E-state index contributed by atoms with van der Waals surface area (Å²) >= 11 is 0. The van der Waals surface area contributed by atoms with E-state index in [1.807, 2.05) is 6.92 Å². The molecule has 4 nitrogen and oxygen atoms in total. The van der Waals surface area contributed by atoms with E-state index in [4.69, 9.17) is 10.2 Å². The van der Waals surface area contributed by atoms with Crippen LogP contribution < -0.4 is 0 Å². The number of carboxylic acid groups (broad SMARTS) is 2. The molecule has 14 heavy (non-hydrogen) atoms. The van der Waals surface area contributed by atoms with E-state index in [1.165, 1.54) is 0 Å². The third kappa shape index (κ3) is 6.46. The van der Waals surface area contributed by atoms with Gasteiger partial charge in [-0.3, -0.25) is 9.59 Å². The monoisotopic (exact) mass is 202 g/mol. The quantitative estimate of drug-likeness (QED) is 0.662. The molecule has 0 aliphatic rings. The van der Waals surface area contributed by atoms with Gasteiger partial charge < -0.3 is 10.2 Å². The van der Waals surface area contributed by atoms with Crippen LogP contribution in [0.2, 0.25) is 0 Å². The largest absolute Gasteiger partial charge is 0.481 e. The molecule has 2 N–H and O–H groups in total. The molecule has 2 unspecified atom stereocenters. The first kappa shape index (κ1) is 12.9. The molecule has 0 radical (unpaired) electrons. The van der Waals surface area contributed by atoms with Gasteiger partial charge in [-0.1, -0.05) is 20.3 Å². The molecule has 2 atom stereocenters. The van der Waals surface area contributed by atoms with Crippen LogP contribution in [0.5, 0.6) is 0 Å². The van der Waals surface area contributed by atoms with Crippen LogP contribution in [0.25, 0.3) is 0 Å². The fourth-order valence-corrected chi connectivity index (χ4v) is 1.42. The Labute approximate surface area is 83.9 Å². The van der Waals surface area contributed by atoms with Crippen molar-refractivity contribution in [1.29, 1.82) is 0 Å². The predicted octanol–water partition coefficient (Wildman–Crippen LogP) is 1.99. The summed E-state index contributed by atoms with van der Waals surface area (Å²) in [5.41, 5.74) is 0. The molecular formula is C10H18O4. The van der Waals surface area contributed by atoms with Gasteiger partial charge in [0.2, 0.25) is 0 Å². The highest BCUT2D eigenvalue weighted by molar-refractivity contribution is 5.69. The van der Waals surface area contributed by atoms with Crippen molar-refractivity contribution in [1.82, 2.24) is 0 Å². The molecule has 0 aliphatic carbocycles. The predicted molar refractivity (Wildman–Crippen MR) is 52.1 cm³/mol. The van der Waals surface area contributed by atoms with E-state index in [0.29, 0.717) is 12.8 Å². The third-order valence-corrected chi connectivity index (χ3v) is 2.27. The summed E-state index contributed by atoms with van der Waals surface area (Å²) in [5, 5.41) is 17.1. The van der Waals surface area contributed by atoms with Crippen LogP contribution in [-0.4, -0.2) is 22.2 Å². The Morgan fingerprint density at radius 2 is 1.79 bits per heavy atom. The van der Waals surface area contributed by atoms with E-state index in [-0.39, 0.29) is 18.3 Å². The Kier molecular flexibility index (Phi) is 5.92. The van der Waals surface area contributed by atoms with Gasteiger partial charge in [-0.05, 0) is 18.8 Å². The fraction of sp³-hybridized carbons (Fsp3) is 0.800. The van der Waals surface area contributed by atoms with Gasteiger partial charge in [0, 0.05) is 6.42 Å². The van der Waals surface area contributed by atoms with E-state index in [1.54, 1.807) is 6.92 Å². The Morgan fingerprint density at radius 1 is 1.21 bits per heavy atom. The molecule has 4 heteroatoms. The second-order valence-electron chi connectivity index (χ2n) is 3.87. The number of rotatable bonds is 7. The van der Waals surface area contributed by atoms with E-state index < -0.39 is 11.9 Å². The van der Waals surface area contributed by atoms with Crippen LogP contribution in [0.4, 0.5) is 0 Å². The van der Waals surface area contributed by atoms with Crippen LogP contribution >= 0.6 is 0 Å². The molecule has 0 spiro atoms. The van der Waals surface area contributed by atoms with Gasteiger partial charge in [0.1, 0.15) is 0 Å². The number of hydrogen-bond acceptors (Lipinski definition) is 2. The smallest absolute Gasteiger partial charge is 0.306 e. The van der Waals surface area contributed by atoms with Gasteiger partial charge in [-0.15, -0.1) is 0 Å². The van der Waals surface area contributed by atoms with E-state index in [2.05, 4.69) is 0 Å². The molecule has 0 saturated carbocycles. The van der Waals surface area contributed by atoms with E-state index in [0.717, 1.165) is 6.42 Å². The maximum absolute atomic E-state index is 10.5. The summed E-state index contributed by atoms with van der Waals surface area (Å²) in [4.78, 5) is 20.7. The van der Waals surface area contributed by atoms with Crippen molar-refractivity contribution in [3.63, 3.8) is 0 Å². The van der Waals surface area contributed by atoms with Crippen LogP contribution in [0, 0.1) is 11.8 Å². The van der Waals surface area contributed by atoms with Crippen LogP contribution in [0.1, 0.15) is 39.5 Å².